The predicted molar refractivity (Wildman–Crippen MR) is 122 cm³/mol. The molecule has 0 saturated carbocycles. The predicted octanol–water partition coefficient (Wildman–Crippen LogP) is 2.47. The molecule has 0 spiro atoms. The number of amides is 1. The van der Waals surface area contributed by atoms with Crippen LogP contribution in [0.1, 0.15) is 37.0 Å². The third-order valence-electron chi connectivity index (χ3n) is 4.50. The van der Waals surface area contributed by atoms with E-state index in [9.17, 15) is 9.59 Å². The number of carbonyl (C=O) groups is 2. The van der Waals surface area contributed by atoms with Crippen molar-refractivity contribution in [2.75, 3.05) is 13.2 Å². The summed E-state index contributed by atoms with van der Waals surface area (Å²) in [6.07, 6.45) is 1.40. The van der Waals surface area contributed by atoms with Crippen LogP contribution >= 0.6 is 12.2 Å². The van der Waals surface area contributed by atoms with Gasteiger partial charge in [0.25, 0.3) is 5.91 Å². The maximum absolute atomic E-state index is 12.6. The van der Waals surface area contributed by atoms with E-state index in [1.807, 2.05) is 13.0 Å². The Hall–Kier alpha value is -3.66. The highest BCUT2D eigenvalue weighted by molar-refractivity contribution is 7.80. The van der Waals surface area contributed by atoms with E-state index in [0.29, 0.717) is 33.5 Å². The van der Waals surface area contributed by atoms with Gasteiger partial charge in [0.15, 0.2) is 11.7 Å². The van der Waals surface area contributed by atoms with Crippen LogP contribution in [-0.2, 0) is 14.3 Å². The molecule has 168 valence electrons. The molecule has 10 heteroatoms. The van der Waals surface area contributed by atoms with E-state index >= 15 is 0 Å². The van der Waals surface area contributed by atoms with Crippen LogP contribution < -0.4 is 20.8 Å². The van der Waals surface area contributed by atoms with Gasteiger partial charge in [-0.25, -0.2) is 10.2 Å². The maximum atomic E-state index is 12.6. The van der Waals surface area contributed by atoms with Gasteiger partial charge in [-0.1, -0.05) is 18.2 Å². The summed E-state index contributed by atoms with van der Waals surface area (Å²) in [6, 6.07) is 10.0. The Morgan fingerprint density at radius 2 is 2.03 bits per heavy atom. The monoisotopic (exact) mass is 456 g/mol. The van der Waals surface area contributed by atoms with E-state index in [1.165, 1.54) is 6.21 Å². The molecule has 1 atom stereocenters. The first kappa shape index (κ1) is 23.0. The number of benzene rings is 1. The van der Waals surface area contributed by atoms with E-state index < -0.39 is 17.9 Å². The molecule has 0 bridgehead atoms. The molecule has 1 amide bonds. The molecule has 32 heavy (non-hydrogen) atoms. The summed E-state index contributed by atoms with van der Waals surface area (Å²) < 4.78 is 16.3. The first-order chi connectivity index (χ1) is 15.4. The van der Waals surface area contributed by atoms with E-state index in [1.54, 1.807) is 44.2 Å². The highest BCUT2D eigenvalue weighted by atomic mass is 32.1. The standard InChI is InChI=1S/C22H24N4O5S/c1-4-29-21(28)19-14(3)24-22(32)25-20(19)16-7-5-6-8-17(16)30-12-18(27)26-23-11-15-10-9-13(2)31-15/h5-11,20H,4,12H2,1-3H3,(H,26,27)(H2,24,25,32)/t20-/m1/s1. The molecule has 0 unspecified atom stereocenters. The molecule has 0 fully saturated rings. The summed E-state index contributed by atoms with van der Waals surface area (Å²) in [7, 11) is 0. The Bertz CT molecular complexity index is 1080. The average Bonchev–Trinajstić information content (AvgIpc) is 3.17. The van der Waals surface area contributed by atoms with Gasteiger partial charge in [0.05, 0.1) is 24.4 Å². The van der Waals surface area contributed by atoms with E-state index in [0.717, 1.165) is 5.76 Å². The van der Waals surface area contributed by atoms with Crippen LogP contribution in [0, 0.1) is 6.92 Å². The highest BCUT2D eigenvalue weighted by Gasteiger charge is 2.32. The van der Waals surface area contributed by atoms with Gasteiger partial charge < -0.3 is 24.5 Å². The number of esters is 1. The summed E-state index contributed by atoms with van der Waals surface area (Å²) in [6.45, 7) is 5.26. The Labute approximate surface area is 190 Å². The van der Waals surface area contributed by atoms with Crippen LogP contribution in [0.5, 0.6) is 5.75 Å². The number of hydrogen-bond donors (Lipinski definition) is 3. The summed E-state index contributed by atoms with van der Waals surface area (Å²) in [4.78, 5) is 24.7. The minimum Gasteiger partial charge on any atom is -0.483 e. The number of ether oxygens (including phenoxy) is 2. The molecule has 0 radical (unpaired) electrons. The SMILES string of the molecule is CCOC(=O)C1=C(C)NC(=S)N[C@@H]1c1ccccc1OCC(=O)NN=Cc1ccc(C)o1. The fourth-order valence-corrected chi connectivity index (χ4v) is 3.39. The Morgan fingerprint density at radius 1 is 1.25 bits per heavy atom. The fourth-order valence-electron chi connectivity index (χ4n) is 3.12. The van der Waals surface area contributed by atoms with Crippen molar-refractivity contribution in [2.45, 2.75) is 26.8 Å². The van der Waals surface area contributed by atoms with Gasteiger partial charge in [0, 0.05) is 11.3 Å². The largest absolute Gasteiger partial charge is 0.483 e. The average molecular weight is 457 g/mol. The van der Waals surface area contributed by atoms with Gasteiger partial charge in [-0.3, -0.25) is 4.79 Å². The van der Waals surface area contributed by atoms with Crippen molar-refractivity contribution >= 4 is 35.4 Å². The lowest BCUT2D eigenvalue weighted by Gasteiger charge is -2.30. The van der Waals surface area contributed by atoms with Gasteiger partial charge >= 0.3 is 5.97 Å². The Kier molecular flexibility index (Phi) is 7.61. The molecule has 1 aromatic heterocycles. The third-order valence-corrected chi connectivity index (χ3v) is 4.72. The third kappa shape index (κ3) is 5.73. The quantitative estimate of drug-likeness (QED) is 0.240. The number of nitrogens with one attached hydrogen (secondary N) is 3. The zero-order valence-electron chi connectivity index (χ0n) is 17.9. The van der Waals surface area contributed by atoms with Crippen LogP contribution in [0.15, 0.2) is 57.2 Å². The molecule has 9 nitrogen and oxygen atoms in total. The molecule has 1 aromatic carbocycles. The summed E-state index contributed by atoms with van der Waals surface area (Å²) in [5.41, 5.74) is 4.00. The minimum absolute atomic E-state index is 0.239. The number of aryl methyl sites for hydroxylation is 1. The van der Waals surface area contributed by atoms with Crippen molar-refractivity contribution in [3.05, 3.63) is 64.8 Å². The maximum Gasteiger partial charge on any atom is 0.338 e. The van der Waals surface area contributed by atoms with Crippen LogP contribution in [0.4, 0.5) is 0 Å². The number of furan rings is 1. The van der Waals surface area contributed by atoms with Crippen molar-refractivity contribution in [1.82, 2.24) is 16.1 Å². The number of hydrogen-bond acceptors (Lipinski definition) is 7. The molecular weight excluding hydrogens is 432 g/mol. The lowest BCUT2D eigenvalue weighted by Crippen LogP contribution is -2.45. The van der Waals surface area contributed by atoms with Crippen molar-refractivity contribution in [2.24, 2.45) is 5.10 Å². The van der Waals surface area contributed by atoms with Gasteiger partial charge in [-0.15, -0.1) is 0 Å². The smallest absolute Gasteiger partial charge is 0.338 e. The van der Waals surface area contributed by atoms with E-state index in [-0.39, 0.29) is 13.2 Å². The zero-order valence-corrected chi connectivity index (χ0v) is 18.7. The second kappa shape index (κ2) is 10.6. The molecule has 3 rings (SSSR count). The molecule has 1 aliphatic heterocycles. The van der Waals surface area contributed by atoms with Crippen LogP contribution in [0.25, 0.3) is 0 Å². The molecular formula is C22H24N4O5S. The van der Waals surface area contributed by atoms with Crippen LogP contribution in [-0.4, -0.2) is 36.4 Å². The van der Waals surface area contributed by atoms with Crippen molar-refractivity contribution in [1.29, 1.82) is 0 Å². The van der Waals surface area contributed by atoms with Gasteiger partial charge in [0.1, 0.15) is 17.3 Å². The van der Waals surface area contributed by atoms with Crippen LogP contribution in [0.2, 0.25) is 0 Å². The van der Waals surface area contributed by atoms with Crippen molar-refractivity contribution in [3.8, 4) is 5.75 Å². The summed E-state index contributed by atoms with van der Waals surface area (Å²) >= 11 is 5.27. The lowest BCUT2D eigenvalue weighted by molar-refractivity contribution is -0.139. The zero-order chi connectivity index (χ0) is 23.1. The number of nitrogens with zero attached hydrogens (tertiary/aromatic N) is 1. The minimum atomic E-state index is -0.595. The fraction of sp³-hybridized carbons (Fsp3) is 0.273. The Morgan fingerprint density at radius 3 is 2.75 bits per heavy atom. The van der Waals surface area contributed by atoms with E-state index in [2.05, 4.69) is 21.2 Å². The molecule has 2 heterocycles. The topological polar surface area (TPSA) is 114 Å². The summed E-state index contributed by atoms with van der Waals surface area (Å²) in [5, 5.41) is 10.3. The van der Waals surface area contributed by atoms with Crippen molar-refractivity contribution in [3.63, 3.8) is 0 Å². The number of carbonyl (C=O) groups excluding carboxylic acids is 2. The highest BCUT2D eigenvalue weighted by Crippen LogP contribution is 2.33. The normalized spacial score (nSPS) is 15.8. The van der Waals surface area contributed by atoms with Crippen LogP contribution in [0.3, 0.4) is 0 Å². The molecule has 2 aromatic rings. The molecule has 3 N–H and O–H groups in total. The Balaban J connectivity index is 1.72. The number of hydrazone groups is 1. The van der Waals surface area contributed by atoms with E-state index in [4.69, 9.17) is 26.1 Å². The molecule has 1 aliphatic rings. The number of rotatable bonds is 8. The second-order valence-electron chi connectivity index (χ2n) is 6.86. The number of thiocarbonyl (C=S) groups is 1. The van der Waals surface area contributed by atoms with Gasteiger partial charge in [0.2, 0.25) is 0 Å². The van der Waals surface area contributed by atoms with Gasteiger partial charge in [-0.2, -0.15) is 5.10 Å². The lowest BCUT2D eigenvalue weighted by atomic mass is 9.95. The molecule has 0 saturated heterocycles. The number of para-hydroxylation sites is 1. The first-order valence-corrected chi connectivity index (χ1v) is 10.3. The number of allylic oxidation sites excluding steroid dienone is 1. The second-order valence-corrected chi connectivity index (χ2v) is 7.27. The summed E-state index contributed by atoms with van der Waals surface area (Å²) in [5.74, 6) is 0.772. The first-order valence-electron chi connectivity index (χ1n) is 9.94. The van der Waals surface area contributed by atoms with Crippen molar-refractivity contribution < 1.29 is 23.5 Å². The molecule has 0 aliphatic carbocycles. The van der Waals surface area contributed by atoms with Gasteiger partial charge in [-0.05, 0) is 51.2 Å².